The normalized spacial score (nSPS) is 9.80. The monoisotopic (exact) mass is 152 g/mol. The first kappa shape index (κ1) is 7.63. The van der Waals surface area contributed by atoms with Crippen molar-refractivity contribution >= 4 is 12.6 Å². The van der Waals surface area contributed by atoms with Crippen molar-refractivity contribution in [1.29, 1.82) is 0 Å². The topological polar surface area (TPSA) is 14.1 Å². The summed E-state index contributed by atoms with van der Waals surface area (Å²) in [4.78, 5) is 1.02. The molecule has 0 aliphatic carbocycles. The average molecular weight is 152 g/mol. The Bertz CT molecular complexity index is 210. The molecule has 0 unspecified atom stereocenters. The first-order valence-corrected chi connectivity index (χ1v) is 3.62. The van der Waals surface area contributed by atoms with E-state index in [2.05, 4.69) is 17.9 Å². The molecule has 0 bridgehead atoms. The van der Waals surface area contributed by atoms with Gasteiger partial charge in [-0.25, -0.2) is 5.32 Å². The van der Waals surface area contributed by atoms with Gasteiger partial charge in [0.1, 0.15) is 0 Å². The van der Waals surface area contributed by atoms with Crippen LogP contribution in [0.15, 0.2) is 29.2 Å². The van der Waals surface area contributed by atoms with Crippen LogP contribution in [0.1, 0.15) is 5.56 Å². The van der Waals surface area contributed by atoms with E-state index >= 15 is 0 Å². The van der Waals surface area contributed by atoms with Gasteiger partial charge in [0.15, 0.2) is 0 Å². The molecule has 0 aromatic heterocycles. The summed E-state index contributed by atoms with van der Waals surface area (Å²) in [5, 5.41) is 4.02. The Kier molecular flexibility index (Phi) is 2.78. The van der Waals surface area contributed by atoms with Crippen molar-refractivity contribution in [1.82, 2.24) is 5.32 Å². The van der Waals surface area contributed by atoms with E-state index in [0.29, 0.717) is 0 Å². The Labute approximate surface area is 66.9 Å². The highest BCUT2D eigenvalue weighted by atomic mass is 32.1. The van der Waals surface area contributed by atoms with Gasteiger partial charge in [0.2, 0.25) is 0 Å². The predicted octanol–water partition coefficient (Wildman–Crippen LogP) is 1.71. The second-order valence-electron chi connectivity index (χ2n) is 2.10. The molecular weight excluding hydrogens is 142 g/mol. The SMILES string of the molecule is C[N]Cc1ccccc1S. The van der Waals surface area contributed by atoms with Crippen LogP contribution in [0.25, 0.3) is 0 Å². The lowest BCUT2D eigenvalue weighted by Gasteiger charge is -2.00. The highest BCUT2D eigenvalue weighted by Gasteiger charge is 1.93. The fraction of sp³-hybridized carbons (Fsp3) is 0.250. The third kappa shape index (κ3) is 1.75. The van der Waals surface area contributed by atoms with E-state index in [0.717, 1.165) is 11.4 Å². The molecule has 0 atom stereocenters. The van der Waals surface area contributed by atoms with Crippen LogP contribution < -0.4 is 5.32 Å². The fourth-order valence-corrected chi connectivity index (χ4v) is 1.05. The maximum atomic E-state index is 4.27. The van der Waals surface area contributed by atoms with Crippen LogP contribution in [0.4, 0.5) is 0 Å². The number of nitrogens with zero attached hydrogens (tertiary/aromatic N) is 1. The van der Waals surface area contributed by atoms with Crippen LogP contribution >= 0.6 is 12.6 Å². The standard InChI is InChI=1S/C8H10NS/c1-9-6-7-4-2-3-5-8(7)10/h2-5,10H,6H2,1H3. The minimum Gasteiger partial charge on any atom is -0.240 e. The Morgan fingerprint density at radius 3 is 2.70 bits per heavy atom. The van der Waals surface area contributed by atoms with Crippen molar-refractivity contribution in [3.63, 3.8) is 0 Å². The summed E-state index contributed by atoms with van der Waals surface area (Å²) >= 11 is 4.27. The molecule has 1 nitrogen and oxygen atoms in total. The van der Waals surface area contributed by atoms with Gasteiger partial charge in [-0.2, -0.15) is 0 Å². The number of benzene rings is 1. The molecule has 0 amide bonds. The number of thiol groups is 1. The van der Waals surface area contributed by atoms with Crippen LogP contribution in [0, 0.1) is 0 Å². The maximum absolute atomic E-state index is 4.27. The first-order valence-electron chi connectivity index (χ1n) is 3.17. The third-order valence-corrected chi connectivity index (χ3v) is 1.76. The molecule has 0 spiro atoms. The van der Waals surface area contributed by atoms with E-state index in [4.69, 9.17) is 0 Å². The Morgan fingerprint density at radius 2 is 2.10 bits per heavy atom. The van der Waals surface area contributed by atoms with E-state index in [-0.39, 0.29) is 0 Å². The van der Waals surface area contributed by atoms with Crippen LogP contribution in [0.5, 0.6) is 0 Å². The quantitative estimate of drug-likeness (QED) is 0.620. The number of rotatable bonds is 2. The van der Waals surface area contributed by atoms with Gasteiger partial charge < -0.3 is 0 Å². The minimum atomic E-state index is 0.764. The molecule has 1 radical (unpaired) electrons. The molecule has 0 saturated heterocycles. The molecule has 2 heteroatoms. The highest BCUT2D eigenvalue weighted by Crippen LogP contribution is 2.11. The molecule has 1 aromatic carbocycles. The van der Waals surface area contributed by atoms with Gasteiger partial charge in [-0.05, 0) is 11.6 Å². The fourth-order valence-electron chi connectivity index (χ4n) is 0.815. The summed E-state index contributed by atoms with van der Waals surface area (Å²) < 4.78 is 0. The Morgan fingerprint density at radius 1 is 1.40 bits per heavy atom. The summed E-state index contributed by atoms with van der Waals surface area (Å²) in [6.07, 6.45) is 0. The smallest absolute Gasteiger partial charge is 0.0392 e. The van der Waals surface area contributed by atoms with Crippen molar-refractivity contribution in [3.8, 4) is 0 Å². The molecule has 0 N–H and O–H groups in total. The van der Waals surface area contributed by atoms with Crippen LogP contribution in [-0.4, -0.2) is 7.05 Å². The molecule has 1 rings (SSSR count). The summed E-state index contributed by atoms with van der Waals surface area (Å²) in [5.41, 5.74) is 1.19. The molecule has 0 aliphatic rings. The second-order valence-corrected chi connectivity index (χ2v) is 2.58. The summed E-state index contributed by atoms with van der Waals surface area (Å²) in [6.45, 7) is 0.764. The molecule has 0 heterocycles. The van der Waals surface area contributed by atoms with Gasteiger partial charge in [0.05, 0.1) is 0 Å². The van der Waals surface area contributed by atoms with Crippen molar-refractivity contribution in [2.24, 2.45) is 0 Å². The largest absolute Gasteiger partial charge is 0.240 e. The lowest BCUT2D eigenvalue weighted by atomic mass is 10.2. The lowest BCUT2D eigenvalue weighted by molar-refractivity contribution is 0.787. The summed E-state index contributed by atoms with van der Waals surface area (Å²) in [7, 11) is 1.81. The van der Waals surface area contributed by atoms with Gasteiger partial charge in [0.25, 0.3) is 0 Å². The molecule has 53 valence electrons. The van der Waals surface area contributed by atoms with E-state index in [1.165, 1.54) is 5.56 Å². The zero-order valence-corrected chi connectivity index (χ0v) is 6.81. The van der Waals surface area contributed by atoms with Gasteiger partial charge in [-0.15, -0.1) is 12.6 Å². The number of hydrogen-bond acceptors (Lipinski definition) is 1. The first-order chi connectivity index (χ1) is 4.84. The third-order valence-electron chi connectivity index (χ3n) is 1.32. The molecular formula is C8H10NS. The maximum Gasteiger partial charge on any atom is 0.0392 e. The lowest BCUT2D eigenvalue weighted by Crippen LogP contribution is -1.97. The van der Waals surface area contributed by atoms with Crippen molar-refractivity contribution < 1.29 is 0 Å². The zero-order valence-electron chi connectivity index (χ0n) is 5.91. The Balaban J connectivity index is 2.81. The van der Waals surface area contributed by atoms with Crippen molar-refractivity contribution in [2.75, 3.05) is 7.05 Å². The van der Waals surface area contributed by atoms with Crippen molar-refractivity contribution in [2.45, 2.75) is 11.4 Å². The van der Waals surface area contributed by atoms with E-state index in [1.807, 2.05) is 24.3 Å². The van der Waals surface area contributed by atoms with Gasteiger partial charge in [0, 0.05) is 18.5 Å². The highest BCUT2D eigenvalue weighted by molar-refractivity contribution is 7.80. The van der Waals surface area contributed by atoms with Gasteiger partial charge in [-0.3, -0.25) is 0 Å². The predicted molar refractivity (Wildman–Crippen MR) is 45.5 cm³/mol. The van der Waals surface area contributed by atoms with Crippen LogP contribution in [0.3, 0.4) is 0 Å². The van der Waals surface area contributed by atoms with Crippen LogP contribution in [-0.2, 0) is 6.54 Å². The van der Waals surface area contributed by atoms with E-state index < -0.39 is 0 Å². The average Bonchev–Trinajstić information content (AvgIpc) is 1.94. The Hall–Kier alpha value is -0.470. The molecule has 0 saturated carbocycles. The van der Waals surface area contributed by atoms with E-state index in [1.54, 1.807) is 7.05 Å². The molecule has 0 aliphatic heterocycles. The van der Waals surface area contributed by atoms with E-state index in [9.17, 15) is 0 Å². The summed E-state index contributed by atoms with van der Waals surface area (Å²) in [6, 6.07) is 7.99. The zero-order chi connectivity index (χ0) is 7.40. The minimum absolute atomic E-state index is 0.764. The molecule has 10 heavy (non-hydrogen) atoms. The molecule has 1 aromatic rings. The second kappa shape index (κ2) is 3.64. The van der Waals surface area contributed by atoms with Gasteiger partial charge >= 0.3 is 0 Å². The van der Waals surface area contributed by atoms with Crippen LogP contribution in [0.2, 0.25) is 0 Å². The number of hydrogen-bond donors (Lipinski definition) is 1. The van der Waals surface area contributed by atoms with Gasteiger partial charge in [-0.1, -0.05) is 18.2 Å². The summed E-state index contributed by atoms with van der Waals surface area (Å²) in [5.74, 6) is 0. The molecule has 0 fully saturated rings. The van der Waals surface area contributed by atoms with Crippen molar-refractivity contribution in [3.05, 3.63) is 29.8 Å².